The largest absolute Gasteiger partial charge is 0.495 e. The van der Waals surface area contributed by atoms with Crippen LogP contribution in [0, 0.1) is 13.8 Å². The van der Waals surface area contributed by atoms with Crippen molar-refractivity contribution in [3.63, 3.8) is 0 Å². The Hall–Kier alpha value is -2.38. The van der Waals surface area contributed by atoms with Crippen molar-refractivity contribution in [3.05, 3.63) is 53.1 Å². The monoisotopic (exact) mass is 416 g/mol. The summed E-state index contributed by atoms with van der Waals surface area (Å²) in [6.07, 6.45) is 3.83. The molecule has 3 rings (SSSR count). The highest BCUT2D eigenvalue weighted by molar-refractivity contribution is 7.89. The van der Waals surface area contributed by atoms with E-state index in [2.05, 4.69) is 5.32 Å². The first kappa shape index (κ1) is 21.3. The molecule has 1 N–H and O–H groups in total. The molecule has 0 aromatic heterocycles. The van der Waals surface area contributed by atoms with Gasteiger partial charge in [-0.25, -0.2) is 8.42 Å². The molecule has 0 unspecified atom stereocenters. The van der Waals surface area contributed by atoms with Crippen LogP contribution in [0.15, 0.2) is 41.3 Å². The van der Waals surface area contributed by atoms with Crippen LogP contribution in [-0.2, 0) is 10.0 Å². The Kier molecular flexibility index (Phi) is 6.59. The van der Waals surface area contributed by atoms with Crippen LogP contribution in [-0.4, -0.2) is 38.8 Å². The van der Waals surface area contributed by atoms with Crippen LogP contribution in [0.2, 0.25) is 0 Å². The number of carbonyl (C=O) groups excluding carboxylic acids is 1. The van der Waals surface area contributed by atoms with Gasteiger partial charge in [-0.1, -0.05) is 30.5 Å². The van der Waals surface area contributed by atoms with Crippen LogP contribution in [0.3, 0.4) is 0 Å². The van der Waals surface area contributed by atoms with E-state index in [1.807, 2.05) is 32.0 Å². The van der Waals surface area contributed by atoms with Gasteiger partial charge in [-0.15, -0.1) is 0 Å². The molecule has 0 aliphatic carbocycles. The fourth-order valence-electron chi connectivity index (χ4n) is 3.55. The molecule has 0 atom stereocenters. The zero-order valence-corrected chi connectivity index (χ0v) is 18.0. The van der Waals surface area contributed by atoms with Gasteiger partial charge in [0.1, 0.15) is 5.75 Å². The Balaban J connectivity index is 1.92. The molecular weight excluding hydrogens is 388 g/mol. The number of benzene rings is 2. The number of nitrogens with zero attached hydrogens (tertiary/aromatic N) is 1. The lowest BCUT2D eigenvalue weighted by molar-refractivity contribution is 0.102. The van der Waals surface area contributed by atoms with Gasteiger partial charge in [0.05, 0.1) is 17.7 Å². The highest BCUT2D eigenvalue weighted by Crippen LogP contribution is 2.30. The second-order valence-electron chi connectivity index (χ2n) is 7.45. The van der Waals surface area contributed by atoms with Crippen molar-refractivity contribution in [2.45, 2.75) is 44.4 Å². The van der Waals surface area contributed by atoms with Gasteiger partial charge in [-0.05, 0) is 56.5 Å². The number of anilines is 1. The van der Waals surface area contributed by atoms with Gasteiger partial charge in [0, 0.05) is 18.7 Å². The van der Waals surface area contributed by atoms with Crippen molar-refractivity contribution in [1.82, 2.24) is 4.31 Å². The number of sulfonamides is 1. The van der Waals surface area contributed by atoms with E-state index in [4.69, 9.17) is 4.74 Å². The molecule has 2 aromatic carbocycles. The number of methoxy groups -OCH3 is 1. The fraction of sp³-hybridized carbons (Fsp3) is 0.409. The van der Waals surface area contributed by atoms with Gasteiger partial charge in [-0.2, -0.15) is 4.31 Å². The number of hydrogen-bond acceptors (Lipinski definition) is 4. The lowest BCUT2D eigenvalue weighted by Crippen LogP contribution is -2.32. The van der Waals surface area contributed by atoms with Gasteiger partial charge in [0.25, 0.3) is 5.91 Å². The van der Waals surface area contributed by atoms with Crippen LogP contribution < -0.4 is 10.1 Å². The SMILES string of the molecule is COc1ccc(S(=O)(=O)N2CCCCCC2)cc1NC(=O)c1cc(C)ccc1C. The van der Waals surface area contributed by atoms with E-state index in [1.54, 1.807) is 6.07 Å². The van der Waals surface area contributed by atoms with E-state index in [1.165, 1.54) is 23.5 Å². The van der Waals surface area contributed by atoms with Crippen molar-refractivity contribution >= 4 is 21.6 Å². The summed E-state index contributed by atoms with van der Waals surface area (Å²) in [4.78, 5) is 13.0. The third kappa shape index (κ3) is 4.79. The van der Waals surface area contributed by atoms with Crippen molar-refractivity contribution in [2.24, 2.45) is 0 Å². The molecule has 0 saturated carbocycles. The Morgan fingerprint density at radius 1 is 1.00 bits per heavy atom. The average molecular weight is 417 g/mol. The zero-order valence-electron chi connectivity index (χ0n) is 17.2. The summed E-state index contributed by atoms with van der Waals surface area (Å²) >= 11 is 0. The summed E-state index contributed by atoms with van der Waals surface area (Å²) in [6, 6.07) is 10.3. The van der Waals surface area contributed by atoms with Gasteiger partial charge in [0.2, 0.25) is 10.0 Å². The Labute approximate surface area is 172 Å². The normalized spacial score (nSPS) is 15.6. The summed E-state index contributed by atoms with van der Waals surface area (Å²) in [5.41, 5.74) is 2.72. The first-order valence-corrected chi connectivity index (χ1v) is 11.3. The van der Waals surface area contributed by atoms with Crippen LogP contribution >= 0.6 is 0 Å². The maximum atomic E-state index is 13.1. The summed E-state index contributed by atoms with van der Waals surface area (Å²) in [5.74, 6) is 0.118. The van der Waals surface area contributed by atoms with E-state index < -0.39 is 10.0 Å². The molecule has 1 aliphatic rings. The topological polar surface area (TPSA) is 75.7 Å². The fourth-order valence-corrected chi connectivity index (χ4v) is 5.09. The molecule has 1 aliphatic heterocycles. The molecule has 6 nitrogen and oxygen atoms in total. The highest BCUT2D eigenvalue weighted by Gasteiger charge is 2.26. The predicted octanol–water partition coefficient (Wildman–Crippen LogP) is 4.13. The van der Waals surface area contributed by atoms with E-state index >= 15 is 0 Å². The molecule has 0 radical (unpaired) electrons. The van der Waals surface area contributed by atoms with E-state index in [-0.39, 0.29) is 10.8 Å². The average Bonchev–Trinajstić information content (AvgIpc) is 2.99. The van der Waals surface area contributed by atoms with Crippen molar-refractivity contribution in [1.29, 1.82) is 0 Å². The van der Waals surface area contributed by atoms with E-state index in [0.717, 1.165) is 36.8 Å². The minimum atomic E-state index is -3.62. The second kappa shape index (κ2) is 8.97. The van der Waals surface area contributed by atoms with Crippen LogP contribution in [0.5, 0.6) is 5.75 Å². The van der Waals surface area contributed by atoms with Gasteiger partial charge in [0.15, 0.2) is 0 Å². The summed E-state index contributed by atoms with van der Waals surface area (Å²) in [7, 11) is -2.13. The molecular formula is C22H28N2O4S. The molecule has 156 valence electrons. The van der Waals surface area contributed by atoms with Gasteiger partial charge < -0.3 is 10.1 Å². The molecule has 29 heavy (non-hydrogen) atoms. The van der Waals surface area contributed by atoms with Crippen molar-refractivity contribution in [2.75, 3.05) is 25.5 Å². The molecule has 1 saturated heterocycles. The van der Waals surface area contributed by atoms with Crippen molar-refractivity contribution < 1.29 is 17.9 Å². The summed E-state index contributed by atoms with van der Waals surface area (Å²) < 4.78 is 33.1. The summed E-state index contributed by atoms with van der Waals surface area (Å²) in [5, 5.41) is 2.83. The minimum Gasteiger partial charge on any atom is -0.495 e. The Morgan fingerprint density at radius 2 is 1.69 bits per heavy atom. The standard InChI is InChI=1S/C22H28N2O4S/c1-16-8-9-17(2)19(14-16)22(25)23-20-15-18(10-11-21(20)28-3)29(26,27)24-12-6-4-5-7-13-24/h8-11,14-15H,4-7,12-13H2,1-3H3,(H,23,25). The molecule has 7 heteroatoms. The lowest BCUT2D eigenvalue weighted by atomic mass is 10.0. The predicted molar refractivity (Wildman–Crippen MR) is 114 cm³/mol. The third-order valence-electron chi connectivity index (χ3n) is 5.26. The van der Waals surface area contributed by atoms with Crippen molar-refractivity contribution in [3.8, 4) is 5.75 Å². The third-order valence-corrected chi connectivity index (χ3v) is 7.15. The molecule has 1 fully saturated rings. The van der Waals surface area contributed by atoms with Crippen LogP contribution in [0.1, 0.15) is 47.2 Å². The zero-order chi connectivity index (χ0) is 21.0. The molecule has 2 aromatic rings. The number of amides is 1. The number of aryl methyl sites for hydroxylation is 2. The molecule has 1 amide bonds. The van der Waals surface area contributed by atoms with Crippen LogP contribution in [0.25, 0.3) is 0 Å². The Morgan fingerprint density at radius 3 is 2.34 bits per heavy atom. The highest BCUT2D eigenvalue weighted by atomic mass is 32.2. The van der Waals surface area contributed by atoms with Gasteiger partial charge >= 0.3 is 0 Å². The van der Waals surface area contributed by atoms with Gasteiger partial charge in [-0.3, -0.25) is 4.79 Å². The number of hydrogen-bond donors (Lipinski definition) is 1. The first-order chi connectivity index (χ1) is 13.8. The summed E-state index contributed by atoms with van der Waals surface area (Å²) in [6.45, 7) is 4.84. The number of ether oxygens (including phenoxy) is 1. The molecule has 0 spiro atoms. The first-order valence-electron chi connectivity index (χ1n) is 9.90. The molecule has 1 heterocycles. The Bertz CT molecular complexity index is 994. The maximum absolute atomic E-state index is 13.1. The molecule has 0 bridgehead atoms. The van der Waals surface area contributed by atoms with E-state index in [9.17, 15) is 13.2 Å². The second-order valence-corrected chi connectivity index (χ2v) is 9.39. The maximum Gasteiger partial charge on any atom is 0.256 e. The van der Waals surface area contributed by atoms with Crippen LogP contribution in [0.4, 0.5) is 5.69 Å². The smallest absolute Gasteiger partial charge is 0.256 e. The minimum absolute atomic E-state index is 0.163. The number of carbonyl (C=O) groups is 1. The van der Waals surface area contributed by atoms with E-state index in [0.29, 0.717) is 30.1 Å². The number of rotatable bonds is 5. The quantitative estimate of drug-likeness (QED) is 0.795. The lowest BCUT2D eigenvalue weighted by Gasteiger charge is -2.21. The number of nitrogens with one attached hydrogen (secondary N) is 1.